The van der Waals surface area contributed by atoms with Crippen molar-refractivity contribution in [2.45, 2.75) is 138 Å². The fourth-order valence-corrected chi connectivity index (χ4v) is 16.5. The van der Waals surface area contributed by atoms with Crippen LogP contribution in [-0.4, -0.2) is 19.5 Å². The van der Waals surface area contributed by atoms with E-state index in [1.165, 1.54) is 167 Å². The third-order valence-electron chi connectivity index (χ3n) is 18.4. The second-order valence-electron chi connectivity index (χ2n) is 26.7. The second kappa shape index (κ2) is 47.6. The van der Waals surface area contributed by atoms with E-state index in [4.69, 9.17) is 9.47 Å². The highest BCUT2D eigenvalue weighted by atomic mass is 79.9. The van der Waals surface area contributed by atoms with Crippen molar-refractivity contribution in [2.75, 3.05) is 13.2 Å². The molecule has 105 heavy (non-hydrogen) atoms. The van der Waals surface area contributed by atoms with E-state index in [0.29, 0.717) is 5.56 Å². The normalized spacial score (nSPS) is 11.2. The van der Waals surface area contributed by atoms with Crippen molar-refractivity contribution >= 4 is 95.5 Å². The Morgan fingerprint density at radius 3 is 0.695 bits per heavy atom. The van der Waals surface area contributed by atoms with E-state index in [2.05, 4.69) is 331 Å². The van der Waals surface area contributed by atoms with Gasteiger partial charge >= 0.3 is 0 Å². The summed E-state index contributed by atoms with van der Waals surface area (Å²) in [5, 5.41) is 5.48. The predicted molar refractivity (Wildman–Crippen MR) is 459 cm³/mol. The van der Waals surface area contributed by atoms with Crippen LogP contribution < -0.4 is 47.7 Å². The van der Waals surface area contributed by atoms with Crippen molar-refractivity contribution in [1.29, 1.82) is 0 Å². The van der Waals surface area contributed by atoms with E-state index in [0.717, 1.165) is 55.0 Å². The smallest absolute Gasteiger partial charge is 0.150 e. The maximum atomic E-state index is 10.7. The molecular formula is C100H110BrO3P. The van der Waals surface area contributed by atoms with Gasteiger partial charge in [0.15, 0.2) is 0 Å². The van der Waals surface area contributed by atoms with Crippen LogP contribution in [0.15, 0.2) is 285 Å². The van der Waals surface area contributed by atoms with Gasteiger partial charge in [-0.25, -0.2) is 0 Å². The van der Waals surface area contributed by atoms with Crippen molar-refractivity contribution in [3.63, 3.8) is 0 Å². The lowest BCUT2D eigenvalue weighted by atomic mass is 10.1. The molecule has 0 amide bonds. The largest absolute Gasteiger partial charge is 1.00 e. The fraction of sp³-hybridized carbons (Fsp3) is 0.230. The Hall–Kier alpha value is -9.70. The lowest BCUT2D eigenvalue weighted by Crippen LogP contribution is -3.00. The maximum absolute atomic E-state index is 10.7. The molecule has 11 rings (SSSR count). The van der Waals surface area contributed by atoms with Crippen LogP contribution in [0.25, 0.3) is 60.8 Å². The zero-order chi connectivity index (χ0) is 71.6. The Morgan fingerprint density at radius 2 is 0.448 bits per heavy atom. The van der Waals surface area contributed by atoms with Crippen molar-refractivity contribution in [3.8, 4) is 11.5 Å². The van der Waals surface area contributed by atoms with Crippen molar-refractivity contribution in [3.05, 3.63) is 357 Å². The Kier molecular flexibility index (Phi) is 37.5. The first kappa shape index (κ1) is 82.6. The molecule has 0 saturated carbocycles. The summed E-state index contributed by atoms with van der Waals surface area (Å²) >= 11 is 0. The zero-order valence-electron chi connectivity index (χ0n) is 61.8. The van der Waals surface area contributed by atoms with E-state index in [1.807, 2.05) is 42.5 Å². The van der Waals surface area contributed by atoms with E-state index < -0.39 is 7.26 Å². The highest BCUT2D eigenvalue weighted by Gasteiger charge is 2.47. The van der Waals surface area contributed by atoms with Crippen LogP contribution in [0.3, 0.4) is 0 Å². The lowest BCUT2D eigenvalue weighted by molar-refractivity contribution is -0.0000276. The third kappa shape index (κ3) is 28.7. The number of hydrogen-bond acceptors (Lipinski definition) is 3. The highest BCUT2D eigenvalue weighted by molar-refractivity contribution is 8.01. The van der Waals surface area contributed by atoms with E-state index >= 15 is 0 Å². The molecular weight excluding hydrogens is 1360 g/mol. The minimum atomic E-state index is -2.03. The van der Waals surface area contributed by atoms with Crippen molar-refractivity contribution in [2.24, 2.45) is 0 Å². The average Bonchev–Trinajstić information content (AvgIpc) is 0.737. The molecule has 540 valence electrons. The zero-order valence-corrected chi connectivity index (χ0v) is 64.2. The molecule has 0 radical (unpaired) electrons. The monoisotopic (exact) mass is 1470 g/mol. The number of ether oxygens (including phenoxy) is 2. The number of benzene rings is 11. The summed E-state index contributed by atoms with van der Waals surface area (Å²) in [6.07, 6.45) is 43.4. The molecule has 0 spiro atoms. The molecule has 0 fully saturated rings. The predicted octanol–water partition coefficient (Wildman–Crippen LogP) is 23.6. The first-order chi connectivity index (χ1) is 50.8. The molecule has 0 aromatic heterocycles. The Balaban J connectivity index is 0.000000223. The molecule has 11 aromatic rings. The number of hydrogen-bond donors (Lipinski definition) is 0. The van der Waals surface area contributed by atoms with Crippen LogP contribution >= 0.6 is 7.26 Å². The lowest BCUT2D eigenvalue weighted by Gasteiger charge is -2.27. The summed E-state index contributed by atoms with van der Waals surface area (Å²) in [6.45, 7) is 10.4. The van der Waals surface area contributed by atoms with Crippen LogP contribution in [0.5, 0.6) is 11.5 Å². The molecule has 11 aromatic carbocycles. The van der Waals surface area contributed by atoms with Gasteiger partial charge in [0.2, 0.25) is 0 Å². The van der Waals surface area contributed by atoms with Gasteiger partial charge in [-0.05, 0) is 155 Å². The number of aryl methyl sites for hydroxylation is 2. The first-order valence-corrected chi connectivity index (χ1v) is 39.5. The summed E-state index contributed by atoms with van der Waals surface area (Å²) in [4.78, 5) is 10.7. The summed E-state index contributed by atoms with van der Waals surface area (Å²) < 4.78 is 11.8. The van der Waals surface area contributed by atoms with Crippen LogP contribution in [0, 0.1) is 13.8 Å². The minimum absolute atomic E-state index is 0. The molecule has 0 N–H and O–H groups in total. The van der Waals surface area contributed by atoms with Crippen LogP contribution in [0.4, 0.5) is 0 Å². The molecule has 0 bridgehead atoms. The van der Waals surface area contributed by atoms with E-state index in [1.54, 1.807) is 0 Å². The third-order valence-corrected chi connectivity index (χ3v) is 22.7. The van der Waals surface area contributed by atoms with Crippen LogP contribution in [0.2, 0.25) is 0 Å². The molecule has 0 aliphatic heterocycles. The first-order valence-electron chi connectivity index (χ1n) is 37.7. The number of aldehydes is 1. The molecule has 0 saturated heterocycles. The van der Waals surface area contributed by atoms with Crippen molar-refractivity contribution < 1.29 is 31.2 Å². The van der Waals surface area contributed by atoms with Gasteiger partial charge in [-0.3, -0.25) is 4.79 Å². The Labute approximate surface area is 642 Å². The van der Waals surface area contributed by atoms with Gasteiger partial charge in [-0.15, -0.1) is 0 Å². The molecule has 3 nitrogen and oxygen atoms in total. The minimum Gasteiger partial charge on any atom is -1.00 e. The average molecular weight is 1470 g/mol. The van der Waals surface area contributed by atoms with Gasteiger partial charge < -0.3 is 26.5 Å². The molecule has 0 heterocycles. The van der Waals surface area contributed by atoms with Gasteiger partial charge in [0, 0.05) is 5.56 Å². The Bertz CT molecular complexity index is 4200. The Morgan fingerprint density at radius 1 is 0.248 bits per heavy atom. The van der Waals surface area contributed by atoms with E-state index in [9.17, 15) is 4.79 Å². The number of rotatable bonds is 35. The van der Waals surface area contributed by atoms with Crippen LogP contribution in [0.1, 0.15) is 201 Å². The molecule has 0 atom stereocenters. The van der Waals surface area contributed by atoms with E-state index in [-0.39, 0.29) is 24.4 Å². The topological polar surface area (TPSA) is 35.5 Å². The summed E-state index contributed by atoms with van der Waals surface area (Å²) in [7, 11) is -2.03. The molecule has 0 unspecified atom stereocenters. The standard InChI is InChI=1S/C41H46O.C33H28P.C25H32O2.CH4.BrH/c1-3-4-5-6-7-8-9-10-33-42-41-31-29-40(30-32-41)28-27-39-25-23-38(24-26-39)22-21-37-19-17-36(18-20-37)16-15-35-13-11-34(2)12-14-35;1-27-17-19-28(20-18-27)21-22-29-23-25-33(26-24-29)34(30-11-5-2-6-12-30,31-13-7-3-8-14-31)32-15-9-4-10-16-32;1-2-3-4-5-6-7-8-9-20-27-25-18-16-23(17-19-25)11-10-22-12-14-24(21-26)15-13-22;;/h11-32H,3-10,33H2,1-2H3;2-26H,1H3;10-19,21H,2-9,20H2,1H3;1H4;1H/q;+1;;;/p-1. The number of carbonyl (C=O) groups is 1. The number of halogens is 1. The molecule has 0 aliphatic carbocycles. The SMILES string of the molecule is C.CCCCCCCCCCOc1ccc(C=Cc2ccc(C=Cc3ccc(C=Cc4ccc(C)cc4)cc3)cc2)cc1.CCCCCCCCCCOc1ccc(C=Cc2ccc(C=O)cc2)cc1.Cc1ccc(C=Cc2ccc([P+](c3ccccc3)(c3ccccc3)c3ccccc3)cc2)cc1.[Br-]. The molecule has 5 heteroatoms. The summed E-state index contributed by atoms with van der Waals surface area (Å²) in [6, 6.07) is 101. The van der Waals surface area contributed by atoms with Crippen molar-refractivity contribution in [1.82, 2.24) is 0 Å². The van der Waals surface area contributed by atoms with Crippen LogP contribution in [-0.2, 0) is 0 Å². The van der Waals surface area contributed by atoms with Gasteiger partial charge in [-0.2, -0.15) is 0 Å². The second-order valence-corrected chi connectivity index (χ2v) is 30.1. The summed E-state index contributed by atoms with van der Waals surface area (Å²) in [5.41, 5.74) is 15.1. The maximum Gasteiger partial charge on any atom is 0.150 e. The summed E-state index contributed by atoms with van der Waals surface area (Å²) in [5.74, 6) is 1.89. The fourth-order valence-electron chi connectivity index (χ4n) is 12.3. The van der Waals surface area contributed by atoms with Gasteiger partial charge in [0.25, 0.3) is 0 Å². The van der Waals surface area contributed by atoms with Gasteiger partial charge in [-0.1, -0.05) is 395 Å². The highest BCUT2D eigenvalue weighted by Crippen LogP contribution is 2.54. The van der Waals surface area contributed by atoms with Gasteiger partial charge in [0.05, 0.1) is 13.2 Å². The quantitative estimate of drug-likeness (QED) is 0.0172. The molecule has 0 aliphatic rings. The van der Waals surface area contributed by atoms with Gasteiger partial charge in [0.1, 0.15) is 46.3 Å². The number of carbonyl (C=O) groups excluding carboxylic acids is 1. The number of unbranched alkanes of at least 4 members (excludes halogenated alkanes) is 14.